The van der Waals surface area contributed by atoms with E-state index in [0.29, 0.717) is 18.3 Å². The van der Waals surface area contributed by atoms with Gasteiger partial charge in [0, 0.05) is 6.42 Å². The Morgan fingerprint density at radius 3 is 2.81 bits per heavy atom. The molecule has 4 rings (SSSR count). The predicted octanol–water partition coefficient (Wildman–Crippen LogP) is 3.73. The van der Waals surface area contributed by atoms with Crippen LogP contribution in [0.4, 0.5) is 4.39 Å². The number of halogens is 1. The van der Waals surface area contributed by atoms with E-state index >= 15 is 0 Å². The third-order valence-electron chi connectivity index (χ3n) is 7.74. The number of nitrogens with one attached hydrogen (secondary N) is 1. The normalized spacial score (nSPS) is 31.5. The molecule has 0 bridgehead atoms. The van der Waals surface area contributed by atoms with Gasteiger partial charge in [0.05, 0.1) is 18.2 Å². The Labute approximate surface area is 190 Å². The van der Waals surface area contributed by atoms with Gasteiger partial charge in [0.1, 0.15) is 11.9 Å². The van der Waals surface area contributed by atoms with E-state index in [-0.39, 0.29) is 36.7 Å². The van der Waals surface area contributed by atoms with E-state index in [4.69, 9.17) is 4.74 Å². The van der Waals surface area contributed by atoms with Crippen LogP contribution in [-0.4, -0.2) is 47.1 Å². The van der Waals surface area contributed by atoms with Crippen molar-refractivity contribution in [2.45, 2.75) is 95.6 Å². The van der Waals surface area contributed by atoms with Gasteiger partial charge in [-0.1, -0.05) is 38.3 Å². The molecule has 0 radical (unpaired) electrons. The zero-order chi connectivity index (χ0) is 22.7. The van der Waals surface area contributed by atoms with Crippen LogP contribution in [0.2, 0.25) is 0 Å². The Morgan fingerprint density at radius 2 is 2.06 bits per heavy atom. The first kappa shape index (κ1) is 23.5. The minimum Gasteiger partial charge on any atom is -0.483 e. The van der Waals surface area contributed by atoms with Crippen molar-refractivity contribution >= 4 is 5.91 Å². The fourth-order valence-corrected chi connectivity index (χ4v) is 5.80. The first-order chi connectivity index (χ1) is 15.5. The molecule has 0 spiro atoms. The second kappa shape index (κ2) is 10.5. The summed E-state index contributed by atoms with van der Waals surface area (Å²) in [7, 11) is 0. The van der Waals surface area contributed by atoms with Crippen molar-refractivity contribution in [1.82, 2.24) is 5.32 Å². The number of carbonyl (C=O) groups is 1. The summed E-state index contributed by atoms with van der Waals surface area (Å²) in [6.45, 7) is 2.07. The molecule has 0 aromatic heterocycles. The van der Waals surface area contributed by atoms with Gasteiger partial charge < -0.3 is 20.3 Å². The lowest BCUT2D eigenvalue weighted by atomic mass is 9.73. The van der Waals surface area contributed by atoms with E-state index in [0.717, 1.165) is 69.1 Å². The summed E-state index contributed by atoms with van der Waals surface area (Å²) in [5.74, 6) is 1.51. The molecule has 5 nitrogen and oxygen atoms in total. The molecule has 3 N–H and O–H groups in total. The largest absolute Gasteiger partial charge is 0.483 e. The highest BCUT2D eigenvalue weighted by molar-refractivity contribution is 5.78. The van der Waals surface area contributed by atoms with Crippen LogP contribution in [0.15, 0.2) is 18.2 Å². The zero-order valence-electron chi connectivity index (χ0n) is 19.1. The summed E-state index contributed by atoms with van der Waals surface area (Å²) in [6.07, 6.45) is 7.32. The van der Waals surface area contributed by atoms with Crippen LogP contribution >= 0.6 is 0 Å². The molecule has 2 fully saturated rings. The molecule has 3 aliphatic rings. The number of ether oxygens (including phenoxy) is 1. The van der Waals surface area contributed by atoms with Crippen LogP contribution in [0, 0.1) is 17.8 Å². The van der Waals surface area contributed by atoms with E-state index in [1.165, 1.54) is 5.56 Å². The van der Waals surface area contributed by atoms with Crippen molar-refractivity contribution in [2.75, 3.05) is 6.61 Å². The number of hydrogen-bond donors (Lipinski definition) is 3. The van der Waals surface area contributed by atoms with Gasteiger partial charge in [-0.3, -0.25) is 4.79 Å². The Hall–Kier alpha value is -1.66. The maximum atomic E-state index is 13.0. The summed E-state index contributed by atoms with van der Waals surface area (Å²) in [5.41, 5.74) is 2.38. The van der Waals surface area contributed by atoms with Gasteiger partial charge in [0.15, 0.2) is 6.61 Å². The summed E-state index contributed by atoms with van der Waals surface area (Å²) in [4.78, 5) is 12.0. The van der Waals surface area contributed by atoms with E-state index < -0.39 is 6.17 Å². The number of unbranched alkanes of at least 4 members (excludes halogenated alkanes) is 2. The average molecular weight is 448 g/mol. The Bertz CT molecular complexity index is 787. The van der Waals surface area contributed by atoms with Gasteiger partial charge in [-0.25, -0.2) is 4.39 Å². The molecule has 2 saturated carbocycles. The Kier molecular flexibility index (Phi) is 7.72. The first-order valence-electron chi connectivity index (χ1n) is 12.5. The molecule has 6 heteroatoms. The van der Waals surface area contributed by atoms with E-state index in [1.807, 2.05) is 12.1 Å². The maximum absolute atomic E-state index is 13.0. The van der Waals surface area contributed by atoms with Gasteiger partial charge in [0.25, 0.3) is 5.91 Å². The number of aliphatic hydroxyl groups excluding tert-OH is 2. The number of alkyl halides is 1. The smallest absolute Gasteiger partial charge is 0.258 e. The highest BCUT2D eigenvalue weighted by Gasteiger charge is 2.45. The predicted molar refractivity (Wildman–Crippen MR) is 121 cm³/mol. The number of benzene rings is 1. The SMILES string of the molecule is CCCCC[C@H](O)CC[C@@H]1C2Cc3cccc(OCC(=O)N[C@H]4C[C@H]4F)c3C[C@H]2C[C@H]1O. The Balaban J connectivity index is 1.33. The highest BCUT2D eigenvalue weighted by Crippen LogP contribution is 2.48. The molecular weight excluding hydrogens is 409 g/mol. The van der Waals surface area contributed by atoms with Gasteiger partial charge in [-0.2, -0.15) is 0 Å². The molecule has 0 heterocycles. The lowest BCUT2D eigenvalue weighted by molar-refractivity contribution is -0.123. The molecule has 0 saturated heterocycles. The van der Waals surface area contributed by atoms with Crippen molar-refractivity contribution < 1.29 is 24.1 Å². The number of carbonyl (C=O) groups excluding carboxylic acids is 1. The second-order valence-electron chi connectivity index (χ2n) is 10.1. The first-order valence-corrected chi connectivity index (χ1v) is 12.5. The highest BCUT2D eigenvalue weighted by atomic mass is 19.1. The molecule has 0 aliphatic heterocycles. The van der Waals surface area contributed by atoms with Crippen LogP contribution in [-0.2, 0) is 17.6 Å². The van der Waals surface area contributed by atoms with Gasteiger partial charge in [-0.05, 0) is 73.5 Å². The summed E-state index contributed by atoms with van der Waals surface area (Å²) < 4.78 is 18.8. The molecule has 178 valence electrons. The molecule has 1 aromatic carbocycles. The van der Waals surface area contributed by atoms with Crippen LogP contribution in [0.3, 0.4) is 0 Å². The fraction of sp³-hybridized carbons (Fsp3) is 0.731. The summed E-state index contributed by atoms with van der Waals surface area (Å²) in [6, 6.07) is 5.64. The number of fused-ring (bicyclic) bond motifs is 2. The van der Waals surface area contributed by atoms with Crippen molar-refractivity contribution in [2.24, 2.45) is 17.8 Å². The van der Waals surface area contributed by atoms with Crippen LogP contribution < -0.4 is 10.1 Å². The maximum Gasteiger partial charge on any atom is 0.258 e. The van der Waals surface area contributed by atoms with Gasteiger partial charge >= 0.3 is 0 Å². The van der Waals surface area contributed by atoms with Crippen molar-refractivity contribution in [3.05, 3.63) is 29.3 Å². The molecular formula is C26H38FNO4. The van der Waals surface area contributed by atoms with Crippen LogP contribution in [0.1, 0.15) is 69.4 Å². The quantitative estimate of drug-likeness (QED) is 0.452. The fourth-order valence-electron chi connectivity index (χ4n) is 5.80. The standard InChI is InChI=1S/C26H38FNO4/c1-2-3-4-7-18(29)9-10-19-20-11-16-6-5-8-25(21(16)12-17(20)13-24(19)30)32-15-26(31)28-23-14-22(23)27/h5-6,8,17-20,22-24,29-30H,2-4,7,9-15H2,1H3,(H,28,31)/t17-,18-,19+,20?,22+,23-,24+/m0/s1. The summed E-state index contributed by atoms with van der Waals surface area (Å²) in [5, 5.41) is 23.8. The molecule has 1 unspecified atom stereocenters. The van der Waals surface area contributed by atoms with Crippen molar-refractivity contribution in [1.29, 1.82) is 0 Å². The Morgan fingerprint density at radius 1 is 1.25 bits per heavy atom. The molecule has 7 atom stereocenters. The zero-order valence-corrected chi connectivity index (χ0v) is 19.1. The molecule has 3 aliphatic carbocycles. The van der Waals surface area contributed by atoms with Crippen LogP contribution in [0.25, 0.3) is 0 Å². The minimum absolute atomic E-state index is 0.102. The van der Waals surface area contributed by atoms with Crippen molar-refractivity contribution in [3.8, 4) is 5.75 Å². The molecule has 1 aromatic rings. The summed E-state index contributed by atoms with van der Waals surface area (Å²) >= 11 is 0. The van der Waals surface area contributed by atoms with Crippen LogP contribution in [0.5, 0.6) is 5.75 Å². The monoisotopic (exact) mass is 447 g/mol. The second-order valence-corrected chi connectivity index (χ2v) is 10.1. The third-order valence-corrected chi connectivity index (χ3v) is 7.74. The van der Waals surface area contributed by atoms with Gasteiger partial charge in [0.2, 0.25) is 0 Å². The number of aliphatic hydroxyl groups is 2. The van der Waals surface area contributed by atoms with E-state index in [9.17, 15) is 19.4 Å². The van der Waals surface area contributed by atoms with Gasteiger partial charge in [-0.15, -0.1) is 0 Å². The van der Waals surface area contributed by atoms with E-state index in [2.05, 4.69) is 18.3 Å². The third kappa shape index (κ3) is 5.63. The number of rotatable bonds is 11. The average Bonchev–Trinajstić information content (AvgIpc) is 3.36. The minimum atomic E-state index is -0.917. The lowest BCUT2D eigenvalue weighted by Crippen LogP contribution is -2.32. The lowest BCUT2D eigenvalue weighted by Gasteiger charge is -2.32. The van der Waals surface area contributed by atoms with E-state index in [1.54, 1.807) is 0 Å². The number of amides is 1. The number of hydrogen-bond acceptors (Lipinski definition) is 4. The molecule has 32 heavy (non-hydrogen) atoms. The molecule has 1 amide bonds. The topological polar surface area (TPSA) is 78.8 Å². The van der Waals surface area contributed by atoms with Crippen molar-refractivity contribution in [3.63, 3.8) is 0 Å².